The smallest absolute Gasteiger partial charge is 0.0330 e. The molecule has 0 heterocycles. The summed E-state index contributed by atoms with van der Waals surface area (Å²) >= 11 is 0. The number of hydrogen-bond acceptors (Lipinski definition) is 1. The van der Waals surface area contributed by atoms with Gasteiger partial charge in [-0.1, -0.05) is 31.2 Å². The summed E-state index contributed by atoms with van der Waals surface area (Å²) in [5, 5.41) is 3.29. The zero-order chi connectivity index (χ0) is 9.23. The van der Waals surface area contributed by atoms with E-state index in [1.807, 2.05) is 19.9 Å². The average molecular weight is 165 g/mol. The van der Waals surface area contributed by atoms with E-state index in [1.165, 1.54) is 5.70 Å². The van der Waals surface area contributed by atoms with Crippen LogP contribution in [0.3, 0.4) is 0 Å². The van der Waals surface area contributed by atoms with Gasteiger partial charge in [-0.15, -0.1) is 0 Å². The fraction of sp³-hybridized carbons (Fsp3) is 0.455. The van der Waals surface area contributed by atoms with Crippen LogP contribution in [-0.4, -0.2) is 6.54 Å². The van der Waals surface area contributed by atoms with Crippen molar-refractivity contribution in [1.82, 2.24) is 5.32 Å². The summed E-state index contributed by atoms with van der Waals surface area (Å²) in [7, 11) is 0. The van der Waals surface area contributed by atoms with Crippen LogP contribution in [0.5, 0.6) is 0 Å². The standard InChI is InChI=1S/C11H19N/c1-4-7-9-11(6-3)12-10-8-5-2/h5-9,12H,4,10H2,1-3H3/b8-5-,9-7-,11-6+. The molecule has 0 aliphatic rings. The molecule has 1 N–H and O–H groups in total. The Morgan fingerprint density at radius 3 is 2.50 bits per heavy atom. The molecule has 0 aliphatic heterocycles. The molecule has 12 heavy (non-hydrogen) atoms. The molecule has 0 unspecified atom stereocenters. The molecule has 0 saturated carbocycles. The lowest BCUT2D eigenvalue weighted by molar-refractivity contribution is 0.928. The summed E-state index contributed by atoms with van der Waals surface area (Å²) < 4.78 is 0. The highest BCUT2D eigenvalue weighted by atomic mass is 14.9. The SMILES string of the molecule is C/C=C\CNC(/C=C\CC)=C/C. The molecule has 0 radical (unpaired) electrons. The van der Waals surface area contributed by atoms with E-state index in [-0.39, 0.29) is 0 Å². The van der Waals surface area contributed by atoms with Crippen LogP contribution in [0.4, 0.5) is 0 Å². The molecule has 0 spiro atoms. The lowest BCUT2D eigenvalue weighted by Crippen LogP contribution is -2.10. The van der Waals surface area contributed by atoms with Crippen LogP contribution < -0.4 is 5.32 Å². The van der Waals surface area contributed by atoms with Crippen LogP contribution >= 0.6 is 0 Å². The highest BCUT2D eigenvalue weighted by Crippen LogP contribution is 1.92. The Bertz CT molecular complexity index is 175. The van der Waals surface area contributed by atoms with Crippen molar-refractivity contribution in [2.75, 3.05) is 6.54 Å². The van der Waals surface area contributed by atoms with Gasteiger partial charge in [-0.25, -0.2) is 0 Å². The highest BCUT2D eigenvalue weighted by molar-refractivity contribution is 5.16. The first-order valence-electron chi connectivity index (χ1n) is 4.53. The van der Waals surface area contributed by atoms with E-state index in [0.29, 0.717) is 0 Å². The molecule has 1 nitrogen and oxygen atoms in total. The van der Waals surface area contributed by atoms with Crippen LogP contribution in [0.15, 0.2) is 36.1 Å². The zero-order valence-electron chi connectivity index (χ0n) is 8.30. The third-order valence-electron chi connectivity index (χ3n) is 1.50. The Labute approximate surface area is 75.9 Å². The third kappa shape index (κ3) is 5.78. The van der Waals surface area contributed by atoms with Crippen molar-refractivity contribution < 1.29 is 0 Å². The Hall–Kier alpha value is -0.980. The van der Waals surface area contributed by atoms with E-state index in [4.69, 9.17) is 0 Å². The minimum atomic E-state index is 0.907. The average Bonchev–Trinajstić information content (AvgIpc) is 2.11. The summed E-state index contributed by atoms with van der Waals surface area (Å²) in [5.41, 5.74) is 1.19. The second kappa shape index (κ2) is 8.12. The zero-order valence-corrected chi connectivity index (χ0v) is 8.30. The van der Waals surface area contributed by atoms with Crippen molar-refractivity contribution >= 4 is 0 Å². The maximum atomic E-state index is 3.29. The van der Waals surface area contributed by atoms with Gasteiger partial charge in [-0.3, -0.25) is 0 Å². The maximum Gasteiger partial charge on any atom is 0.0330 e. The van der Waals surface area contributed by atoms with Crippen molar-refractivity contribution in [1.29, 1.82) is 0 Å². The van der Waals surface area contributed by atoms with Gasteiger partial charge in [0, 0.05) is 12.2 Å². The quantitative estimate of drug-likeness (QED) is 0.488. The van der Waals surface area contributed by atoms with Crippen LogP contribution in [-0.2, 0) is 0 Å². The molecule has 0 bridgehead atoms. The molecule has 0 rings (SSSR count). The predicted octanol–water partition coefficient (Wildman–Crippen LogP) is 3.02. The van der Waals surface area contributed by atoms with Gasteiger partial charge in [0.1, 0.15) is 0 Å². The van der Waals surface area contributed by atoms with E-state index < -0.39 is 0 Å². The molecule has 0 aromatic carbocycles. The molecular formula is C11H19N. The Morgan fingerprint density at radius 2 is 2.00 bits per heavy atom. The minimum absolute atomic E-state index is 0.907. The Morgan fingerprint density at radius 1 is 1.25 bits per heavy atom. The van der Waals surface area contributed by atoms with Gasteiger partial charge in [-0.2, -0.15) is 0 Å². The monoisotopic (exact) mass is 165 g/mol. The fourth-order valence-corrected chi connectivity index (χ4v) is 0.797. The lowest BCUT2D eigenvalue weighted by atomic mass is 10.3. The van der Waals surface area contributed by atoms with Crippen LogP contribution in [0, 0.1) is 0 Å². The van der Waals surface area contributed by atoms with Crippen LogP contribution in [0.2, 0.25) is 0 Å². The van der Waals surface area contributed by atoms with Gasteiger partial charge < -0.3 is 5.32 Å². The first-order chi connectivity index (χ1) is 5.85. The van der Waals surface area contributed by atoms with Gasteiger partial charge in [0.15, 0.2) is 0 Å². The first kappa shape index (κ1) is 11.0. The van der Waals surface area contributed by atoms with Gasteiger partial charge in [0.05, 0.1) is 0 Å². The minimum Gasteiger partial charge on any atom is -0.382 e. The van der Waals surface area contributed by atoms with E-state index in [1.54, 1.807) is 0 Å². The van der Waals surface area contributed by atoms with Gasteiger partial charge in [-0.05, 0) is 26.3 Å². The van der Waals surface area contributed by atoms with Crippen LogP contribution in [0.1, 0.15) is 27.2 Å². The second-order valence-corrected chi connectivity index (χ2v) is 2.50. The topological polar surface area (TPSA) is 12.0 Å². The van der Waals surface area contributed by atoms with Crippen molar-refractivity contribution in [3.8, 4) is 0 Å². The third-order valence-corrected chi connectivity index (χ3v) is 1.50. The number of nitrogens with one attached hydrogen (secondary N) is 1. The van der Waals surface area contributed by atoms with Crippen molar-refractivity contribution in [3.05, 3.63) is 36.1 Å². The summed E-state index contributed by atoms with van der Waals surface area (Å²) in [4.78, 5) is 0. The molecule has 1 heteroatoms. The van der Waals surface area contributed by atoms with Crippen molar-refractivity contribution in [2.24, 2.45) is 0 Å². The predicted molar refractivity (Wildman–Crippen MR) is 56.0 cm³/mol. The van der Waals surface area contributed by atoms with Gasteiger partial charge in [0.2, 0.25) is 0 Å². The molecule has 0 amide bonds. The van der Waals surface area contributed by atoms with E-state index >= 15 is 0 Å². The van der Waals surface area contributed by atoms with Gasteiger partial charge in [0.25, 0.3) is 0 Å². The summed E-state index contributed by atoms with van der Waals surface area (Å²) in [5.74, 6) is 0. The molecule has 0 saturated heterocycles. The number of hydrogen-bond donors (Lipinski definition) is 1. The van der Waals surface area contributed by atoms with Gasteiger partial charge >= 0.3 is 0 Å². The van der Waals surface area contributed by atoms with Crippen molar-refractivity contribution in [2.45, 2.75) is 27.2 Å². The van der Waals surface area contributed by atoms with Crippen LogP contribution in [0.25, 0.3) is 0 Å². The Kier molecular flexibility index (Phi) is 7.46. The number of allylic oxidation sites excluding steroid dienone is 4. The summed E-state index contributed by atoms with van der Waals surface area (Å²) in [6.45, 7) is 7.11. The highest BCUT2D eigenvalue weighted by Gasteiger charge is 1.84. The molecule has 0 fully saturated rings. The van der Waals surface area contributed by atoms with Crippen molar-refractivity contribution in [3.63, 3.8) is 0 Å². The van der Waals surface area contributed by atoms with E-state index in [9.17, 15) is 0 Å². The molecule has 68 valence electrons. The first-order valence-corrected chi connectivity index (χ1v) is 4.53. The number of rotatable bonds is 5. The molecule has 0 aromatic heterocycles. The summed E-state index contributed by atoms with van der Waals surface area (Å²) in [6.07, 6.45) is 11.6. The molecule has 0 aliphatic carbocycles. The summed E-state index contributed by atoms with van der Waals surface area (Å²) in [6, 6.07) is 0. The Balaban J connectivity index is 3.77. The fourth-order valence-electron chi connectivity index (χ4n) is 0.797. The second-order valence-electron chi connectivity index (χ2n) is 2.50. The molecule has 0 atom stereocenters. The normalized spacial score (nSPS) is 13.1. The maximum absolute atomic E-state index is 3.29. The molecule has 0 aromatic rings. The molecular weight excluding hydrogens is 146 g/mol. The largest absolute Gasteiger partial charge is 0.382 e. The van der Waals surface area contributed by atoms with E-state index in [0.717, 1.165) is 13.0 Å². The lowest BCUT2D eigenvalue weighted by Gasteiger charge is -2.02. The van der Waals surface area contributed by atoms with E-state index in [2.05, 4.69) is 36.5 Å².